The maximum Gasteiger partial charge on any atom is 0.119 e. The van der Waals surface area contributed by atoms with Gasteiger partial charge in [-0.15, -0.1) is 0 Å². The Bertz CT molecular complexity index is 374. The average Bonchev–Trinajstić information content (AvgIpc) is 2.64. The maximum absolute atomic E-state index is 5.99. The van der Waals surface area contributed by atoms with Crippen LogP contribution >= 0.6 is 0 Å². The number of nitrogens with zero attached hydrogens (tertiary/aromatic N) is 2. The number of aromatic nitrogens is 2. The topological polar surface area (TPSA) is 41.2 Å². The fraction of sp³-hybridized carbons (Fsp3) is 0.769. The molecule has 17 heavy (non-hydrogen) atoms. The van der Waals surface area contributed by atoms with Crippen molar-refractivity contribution in [2.24, 2.45) is 5.92 Å². The second-order valence-corrected chi connectivity index (χ2v) is 5.64. The molecule has 1 unspecified atom stereocenters. The van der Waals surface area contributed by atoms with Gasteiger partial charge in [0.1, 0.15) is 5.60 Å². The Morgan fingerprint density at radius 3 is 2.94 bits per heavy atom. The molecule has 1 atom stereocenters. The van der Waals surface area contributed by atoms with Gasteiger partial charge >= 0.3 is 0 Å². The molecule has 4 nitrogen and oxygen atoms in total. The molecule has 1 saturated heterocycles. The zero-order valence-electron chi connectivity index (χ0n) is 11.3. The number of H-pyrrole nitrogens is 1. The molecule has 1 aromatic heterocycles. The first kappa shape index (κ1) is 12.6. The zero-order chi connectivity index (χ0) is 12.5. The molecule has 1 aromatic rings. The molecule has 1 aliphatic rings. The molecule has 0 bridgehead atoms. The van der Waals surface area contributed by atoms with Crippen LogP contribution in [-0.2, 0) is 10.3 Å². The number of morpholine rings is 1. The van der Waals surface area contributed by atoms with Crippen molar-refractivity contribution in [1.29, 1.82) is 0 Å². The Kier molecular flexibility index (Phi) is 3.54. The van der Waals surface area contributed by atoms with Gasteiger partial charge in [0.05, 0.1) is 18.5 Å². The van der Waals surface area contributed by atoms with Crippen LogP contribution in [0.25, 0.3) is 0 Å². The van der Waals surface area contributed by atoms with E-state index >= 15 is 0 Å². The van der Waals surface area contributed by atoms with Gasteiger partial charge < -0.3 is 4.74 Å². The van der Waals surface area contributed by atoms with Gasteiger partial charge in [-0.3, -0.25) is 10.00 Å². The second kappa shape index (κ2) is 4.78. The molecule has 1 N–H and O–H groups in total. The van der Waals surface area contributed by atoms with Crippen molar-refractivity contribution in [2.75, 3.05) is 26.2 Å². The third-order valence-corrected chi connectivity index (χ3v) is 3.33. The highest BCUT2D eigenvalue weighted by Gasteiger charge is 2.36. The van der Waals surface area contributed by atoms with Gasteiger partial charge in [-0.1, -0.05) is 13.8 Å². The summed E-state index contributed by atoms with van der Waals surface area (Å²) < 4.78 is 5.99. The normalized spacial score (nSPS) is 26.6. The maximum atomic E-state index is 5.99. The summed E-state index contributed by atoms with van der Waals surface area (Å²) >= 11 is 0. The van der Waals surface area contributed by atoms with Crippen molar-refractivity contribution in [3.8, 4) is 0 Å². The highest BCUT2D eigenvalue weighted by atomic mass is 16.5. The minimum Gasteiger partial charge on any atom is -0.366 e. The van der Waals surface area contributed by atoms with Crippen LogP contribution in [0, 0.1) is 12.8 Å². The summed E-state index contributed by atoms with van der Waals surface area (Å²) in [5.41, 5.74) is 2.05. The van der Waals surface area contributed by atoms with E-state index in [-0.39, 0.29) is 5.60 Å². The fourth-order valence-corrected chi connectivity index (χ4v) is 2.66. The predicted molar refractivity (Wildman–Crippen MR) is 67.9 cm³/mol. The number of aryl methyl sites for hydroxylation is 1. The standard InChI is InChI=1S/C13H23N3O/c1-10(2)8-16-5-6-17-13(4,9-16)12-11(3)7-14-15-12/h7,10H,5-6,8-9H2,1-4H3,(H,14,15). The monoisotopic (exact) mass is 237 g/mol. The van der Waals surface area contributed by atoms with Crippen LogP contribution in [0.15, 0.2) is 6.20 Å². The minimum atomic E-state index is -0.242. The molecular weight excluding hydrogens is 214 g/mol. The zero-order valence-corrected chi connectivity index (χ0v) is 11.3. The molecule has 0 spiro atoms. The van der Waals surface area contributed by atoms with Gasteiger partial charge in [0, 0.05) is 19.6 Å². The second-order valence-electron chi connectivity index (χ2n) is 5.64. The van der Waals surface area contributed by atoms with Crippen LogP contribution in [0.5, 0.6) is 0 Å². The summed E-state index contributed by atoms with van der Waals surface area (Å²) in [6.45, 7) is 12.6. The molecular formula is C13H23N3O. The minimum absolute atomic E-state index is 0.242. The lowest BCUT2D eigenvalue weighted by atomic mass is 9.96. The number of nitrogens with one attached hydrogen (secondary N) is 1. The quantitative estimate of drug-likeness (QED) is 0.873. The van der Waals surface area contributed by atoms with Gasteiger partial charge in [0.15, 0.2) is 0 Å². The van der Waals surface area contributed by atoms with E-state index in [2.05, 4.69) is 42.8 Å². The molecule has 1 fully saturated rings. The van der Waals surface area contributed by atoms with Crippen molar-refractivity contribution >= 4 is 0 Å². The average molecular weight is 237 g/mol. The summed E-state index contributed by atoms with van der Waals surface area (Å²) in [6, 6.07) is 0. The van der Waals surface area contributed by atoms with Gasteiger partial charge in [-0.05, 0) is 25.3 Å². The van der Waals surface area contributed by atoms with Crippen LogP contribution in [0.3, 0.4) is 0 Å². The van der Waals surface area contributed by atoms with Crippen LogP contribution in [-0.4, -0.2) is 41.3 Å². The van der Waals surface area contributed by atoms with E-state index in [4.69, 9.17) is 4.74 Å². The summed E-state index contributed by atoms with van der Waals surface area (Å²) in [5.74, 6) is 0.695. The first-order valence-corrected chi connectivity index (χ1v) is 6.38. The summed E-state index contributed by atoms with van der Waals surface area (Å²) in [7, 11) is 0. The summed E-state index contributed by atoms with van der Waals surface area (Å²) in [4.78, 5) is 2.48. The van der Waals surface area contributed by atoms with E-state index in [1.54, 1.807) is 0 Å². The molecule has 0 aliphatic carbocycles. The van der Waals surface area contributed by atoms with Gasteiger partial charge in [-0.2, -0.15) is 5.10 Å². The lowest BCUT2D eigenvalue weighted by Crippen LogP contribution is -2.49. The third-order valence-electron chi connectivity index (χ3n) is 3.33. The van der Waals surface area contributed by atoms with E-state index in [1.165, 1.54) is 5.56 Å². The Hall–Kier alpha value is -0.870. The fourth-order valence-electron chi connectivity index (χ4n) is 2.66. The van der Waals surface area contributed by atoms with Gasteiger partial charge in [-0.25, -0.2) is 0 Å². The van der Waals surface area contributed by atoms with Gasteiger partial charge in [0.2, 0.25) is 0 Å². The molecule has 0 aromatic carbocycles. The molecule has 0 amide bonds. The first-order chi connectivity index (χ1) is 8.01. The van der Waals surface area contributed by atoms with Crippen molar-refractivity contribution in [2.45, 2.75) is 33.3 Å². The molecule has 96 valence electrons. The first-order valence-electron chi connectivity index (χ1n) is 6.38. The molecule has 2 heterocycles. The largest absolute Gasteiger partial charge is 0.366 e. The van der Waals surface area contributed by atoms with Crippen LogP contribution < -0.4 is 0 Å². The van der Waals surface area contributed by atoms with Gasteiger partial charge in [0.25, 0.3) is 0 Å². The summed E-state index contributed by atoms with van der Waals surface area (Å²) in [6.07, 6.45) is 1.87. The van der Waals surface area contributed by atoms with Crippen molar-refractivity contribution < 1.29 is 4.74 Å². The van der Waals surface area contributed by atoms with Crippen molar-refractivity contribution in [3.05, 3.63) is 17.5 Å². The number of rotatable bonds is 3. The Balaban J connectivity index is 2.12. The SMILES string of the molecule is Cc1cn[nH]c1C1(C)CN(CC(C)C)CCO1. The Morgan fingerprint density at radius 2 is 2.35 bits per heavy atom. The summed E-state index contributed by atoms with van der Waals surface area (Å²) in [5, 5.41) is 7.19. The van der Waals surface area contributed by atoms with E-state index < -0.39 is 0 Å². The van der Waals surface area contributed by atoms with Crippen molar-refractivity contribution in [3.63, 3.8) is 0 Å². The van der Waals surface area contributed by atoms with Crippen LogP contribution in [0.1, 0.15) is 32.0 Å². The molecule has 1 aliphatic heterocycles. The Labute approximate surface area is 103 Å². The van der Waals surface area contributed by atoms with E-state index in [1.807, 2.05) is 6.20 Å². The lowest BCUT2D eigenvalue weighted by Gasteiger charge is -2.40. The molecule has 2 rings (SSSR count). The molecule has 4 heteroatoms. The number of hydrogen-bond acceptors (Lipinski definition) is 3. The molecule has 0 saturated carbocycles. The smallest absolute Gasteiger partial charge is 0.119 e. The van der Waals surface area contributed by atoms with E-state index in [0.29, 0.717) is 5.92 Å². The highest BCUT2D eigenvalue weighted by molar-refractivity contribution is 5.22. The van der Waals surface area contributed by atoms with E-state index in [0.717, 1.165) is 31.9 Å². The predicted octanol–water partition coefficient (Wildman–Crippen LogP) is 1.92. The number of aromatic amines is 1. The number of ether oxygens (including phenoxy) is 1. The third kappa shape index (κ3) is 2.69. The molecule has 0 radical (unpaired) electrons. The van der Waals surface area contributed by atoms with Crippen molar-refractivity contribution in [1.82, 2.24) is 15.1 Å². The highest BCUT2D eigenvalue weighted by Crippen LogP contribution is 2.30. The Morgan fingerprint density at radius 1 is 1.59 bits per heavy atom. The lowest BCUT2D eigenvalue weighted by molar-refractivity contribution is -0.107. The van der Waals surface area contributed by atoms with Crippen LogP contribution in [0.2, 0.25) is 0 Å². The van der Waals surface area contributed by atoms with E-state index in [9.17, 15) is 0 Å². The number of hydrogen-bond donors (Lipinski definition) is 1. The van der Waals surface area contributed by atoms with Crippen LogP contribution in [0.4, 0.5) is 0 Å².